The van der Waals surface area contributed by atoms with Crippen molar-refractivity contribution < 1.29 is 14.0 Å². The van der Waals surface area contributed by atoms with Gasteiger partial charge in [0.2, 0.25) is 0 Å². The van der Waals surface area contributed by atoms with Crippen LogP contribution in [0.5, 0.6) is 0 Å². The SMILES string of the molecule is C=CCN1C(=O)C(Nc2cccc(F)c2)=C(c2ccc(C)cc2C)C1=O. The van der Waals surface area contributed by atoms with Crippen molar-refractivity contribution in [1.29, 1.82) is 0 Å². The highest BCUT2D eigenvalue weighted by atomic mass is 19.1. The predicted molar refractivity (Wildman–Crippen MR) is 99.8 cm³/mol. The molecular weight excluding hydrogens is 331 g/mol. The fourth-order valence-electron chi connectivity index (χ4n) is 3.04. The Kier molecular flexibility index (Phi) is 4.71. The fraction of sp³-hybridized carbons (Fsp3) is 0.143. The standard InChI is InChI=1S/C21H19FN2O2/c1-4-10-24-20(25)18(17-9-8-13(2)11-14(17)3)19(21(24)26)23-16-7-5-6-15(22)12-16/h4-9,11-12,23H,1,10H2,2-3H3. The molecule has 26 heavy (non-hydrogen) atoms. The molecule has 3 rings (SSSR count). The minimum atomic E-state index is -0.450. The first-order chi connectivity index (χ1) is 12.4. The number of nitrogens with zero attached hydrogens (tertiary/aromatic N) is 1. The molecule has 0 unspecified atom stereocenters. The van der Waals surface area contributed by atoms with Crippen molar-refractivity contribution in [2.24, 2.45) is 0 Å². The molecule has 1 heterocycles. The van der Waals surface area contributed by atoms with Crippen molar-refractivity contribution in [2.75, 3.05) is 11.9 Å². The van der Waals surface area contributed by atoms with Crippen LogP contribution in [0.4, 0.5) is 10.1 Å². The summed E-state index contributed by atoms with van der Waals surface area (Å²) >= 11 is 0. The number of carbonyl (C=O) groups is 2. The van der Waals surface area contributed by atoms with Gasteiger partial charge in [-0.05, 0) is 43.2 Å². The number of halogens is 1. The zero-order valence-electron chi connectivity index (χ0n) is 14.7. The third-order valence-corrected chi connectivity index (χ3v) is 4.22. The molecule has 0 atom stereocenters. The molecular formula is C21H19FN2O2. The van der Waals surface area contributed by atoms with Crippen LogP contribution in [-0.2, 0) is 9.59 Å². The van der Waals surface area contributed by atoms with Gasteiger partial charge in [0.1, 0.15) is 11.5 Å². The van der Waals surface area contributed by atoms with Gasteiger partial charge in [0.15, 0.2) is 0 Å². The smallest absolute Gasteiger partial charge is 0.278 e. The molecule has 0 saturated heterocycles. The summed E-state index contributed by atoms with van der Waals surface area (Å²) in [7, 11) is 0. The Labute approximate surface area is 151 Å². The van der Waals surface area contributed by atoms with Crippen molar-refractivity contribution in [3.05, 3.63) is 83.3 Å². The van der Waals surface area contributed by atoms with Gasteiger partial charge in [0.25, 0.3) is 11.8 Å². The first kappa shape index (κ1) is 17.6. The maximum atomic E-state index is 13.5. The lowest BCUT2D eigenvalue weighted by Crippen LogP contribution is -2.32. The summed E-state index contributed by atoms with van der Waals surface area (Å²) in [6.45, 7) is 7.57. The Morgan fingerprint density at radius 2 is 1.88 bits per heavy atom. The topological polar surface area (TPSA) is 49.4 Å². The lowest BCUT2D eigenvalue weighted by Gasteiger charge is -2.12. The van der Waals surface area contributed by atoms with Crippen molar-refractivity contribution in [3.8, 4) is 0 Å². The highest BCUT2D eigenvalue weighted by molar-refractivity contribution is 6.36. The van der Waals surface area contributed by atoms with Gasteiger partial charge >= 0.3 is 0 Å². The number of hydrogen-bond donors (Lipinski definition) is 1. The second kappa shape index (κ2) is 6.96. The highest BCUT2D eigenvalue weighted by Gasteiger charge is 2.39. The number of benzene rings is 2. The van der Waals surface area contributed by atoms with Gasteiger partial charge in [-0.2, -0.15) is 0 Å². The van der Waals surface area contributed by atoms with E-state index in [4.69, 9.17) is 0 Å². The summed E-state index contributed by atoms with van der Waals surface area (Å²) in [4.78, 5) is 26.8. The third kappa shape index (κ3) is 3.16. The monoisotopic (exact) mass is 350 g/mol. The largest absolute Gasteiger partial charge is 0.350 e. The van der Waals surface area contributed by atoms with Crippen LogP contribution in [0.15, 0.2) is 60.8 Å². The van der Waals surface area contributed by atoms with Crippen molar-refractivity contribution in [3.63, 3.8) is 0 Å². The van der Waals surface area contributed by atoms with Crippen LogP contribution in [0.3, 0.4) is 0 Å². The summed E-state index contributed by atoms with van der Waals surface area (Å²) in [6, 6.07) is 11.5. The van der Waals surface area contributed by atoms with E-state index in [1.165, 1.54) is 24.3 Å². The van der Waals surface area contributed by atoms with E-state index in [1.54, 1.807) is 6.07 Å². The molecule has 2 aromatic carbocycles. The molecule has 0 spiro atoms. The highest BCUT2D eigenvalue weighted by Crippen LogP contribution is 2.32. The molecule has 132 valence electrons. The summed E-state index contributed by atoms with van der Waals surface area (Å²) < 4.78 is 13.5. The van der Waals surface area contributed by atoms with E-state index in [1.807, 2.05) is 32.0 Å². The second-order valence-corrected chi connectivity index (χ2v) is 6.21. The van der Waals surface area contributed by atoms with Crippen molar-refractivity contribution in [2.45, 2.75) is 13.8 Å². The lowest BCUT2D eigenvalue weighted by atomic mass is 9.97. The summed E-state index contributed by atoms with van der Waals surface area (Å²) in [5.41, 5.74) is 3.47. The van der Waals surface area contributed by atoms with E-state index in [0.717, 1.165) is 16.0 Å². The molecule has 1 N–H and O–H groups in total. The number of hydrogen-bond acceptors (Lipinski definition) is 3. The van der Waals surface area contributed by atoms with Crippen LogP contribution in [-0.4, -0.2) is 23.3 Å². The molecule has 1 aliphatic heterocycles. The van der Waals surface area contributed by atoms with E-state index in [-0.39, 0.29) is 18.1 Å². The van der Waals surface area contributed by atoms with Crippen LogP contribution in [0, 0.1) is 19.7 Å². The lowest BCUT2D eigenvalue weighted by molar-refractivity contribution is -0.136. The van der Waals surface area contributed by atoms with Crippen molar-refractivity contribution >= 4 is 23.1 Å². The minimum Gasteiger partial charge on any atom is -0.350 e. The quantitative estimate of drug-likeness (QED) is 0.659. The number of nitrogens with one attached hydrogen (secondary N) is 1. The molecule has 4 nitrogen and oxygen atoms in total. The minimum absolute atomic E-state index is 0.112. The zero-order valence-corrected chi connectivity index (χ0v) is 14.7. The molecule has 2 aromatic rings. The van der Waals surface area contributed by atoms with Gasteiger partial charge in [-0.1, -0.05) is 35.9 Å². The van der Waals surface area contributed by atoms with Crippen molar-refractivity contribution in [1.82, 2.24) is 4.90 Å². The van der Waals surface area contributed by atoms with E-state index in [2.05, 4.69) is 11.9 Å². The molecule has 1 aliphatic rings. The normalized spacial score (nSPS) is 14.2. The number of imide groups is 1. The summed E-state index contributed by atoms with van der Waals surface area (Å²) in [5.74, 6) is -1.27. The molecule has 0 saturated carbocycles. The average molecular weight is 350 g/mol. The number of carbonyl (C=O) groups excluding carboxylic acids is 2. The molecule has 0 radical (unpaired) electrons. The Balaban J connectivity index is 2.14. The average Bonchev–Trinajstić information content (AvgIpc) is 2.80. The Morgan fingerprint density at radius 1 is 1.12 bits per heavy atom. The summed E-state index contributed by atoms with van der Waals surface area (Å²) in [5, 5.41) is 2.93. The van der Waals surface area contributed by atoms with Gasteiger partial charge in [0, 0.05) is 12.2 Å². The van der Waals surface area contributed by atoms with Crippen LogP contribution >= 0.6 is 0 Å². The van der Waals surface area contributed by atoms with Crippen LogP contribution in [0.25, 0.3) is 5.57 Å². The predicted octanol–water partition coefficient (Wildman–Crippen LogP) is 3.82. The van der Waals surface area contributed by atoms with E-state index < -0.39 is 11.7 Å². The first-order valence-electron chi connectivity index (χ1n) is 8.24. The number of rotatable bonds is 5. The molecule has 5 heteroatoms. The maximum Gasteiger partial charge on any atom is 0.278 e. The zero-order chi connectivity index (χ0) is 18.8. The summed E-state index contributed by atoms with van der Waals surface area (Å²) in [6.07, 6.45) is 1.50. The van der Waals surface area contributed by atoms with E-state index in [0.29, 0.717) is 16.8 Å². The van der Waals surface area contributed by atoms with E-state index >= 15 is 0 Å². The molecule has 0 aromatic heterocycles. The van der Waals surface area contributed by atoms with Gasteiger partial charge < -0.3 is 5.32 Å². The van der Waals surface area contributed by atoms with Crippen LogP contribution in [0.1, 0.15) is 16.7 Å². The number of aryl methyl sites for hydroxylation is 2. The Morgan fingerprint density at radius 3 is 2.54 bits per heavy atom. The van der Waals surface area contributed by atoms with E-state index in [9.17, 15) is 14.0 Å². The van der Waals surface area contributed by atoms with Gasteiger partial charge in [-0.25, -0.2) is 4.39 Å². The Bertz CT molecular complexity index is 947. The maximum absolute atomic E-state index is 13.5. The first-order valence-corrected chi connectivity index (χ1v) is 8.24. The third-order valence-electron chi connectivity index (χ3n) is 4.22. The molecule has 0 fully saturated rings. The van der Waals surface area contributed by atoms with Crippen LogP contribution in [0.2, 0.25) is 0 Å². The van der Waals surface area contributed by atoms with Gasteiger partial charge in [0.05, 0.1) is 5.57 Å². The second-order valence-electron chi connectivity index (χ2n) is 6.21. The van der Waals surface area contributed by atoms with Crippen LogP contribution < -0.4 is 5.32 Å². The Hall–Kier alpha value is -3.21. The van der Waals surface area contributed by atoms with Gasteiger partial charge in [-0.3, -0.25) is 14.5 Å². The molecule has 2 amide bonds. The van der Waals surface area contributed by atoms with Gasteiger partial charge in [-0.15, -0.1) is 6.58 Å². The number of amides is 2. The molecule has 0 bridgehead atoms. The molecule has 0 aliphatic carbocycles. The number of anilines is 1. The fourth-order valence-corrected chi connectivity index (χ4v) is 3.04.